The van der Waals surface area contributed by atoms with Crippen LogP contribution in [-0.2, 0) is 4.79 Å². The van der Waals surface area contributed by atoms with Crippen LogP contribution in [0.15, 0.2) is 76.4 Å². The number of rotatable bonds is 5. The third kappa shape index (κ3) is 3.76. The van der Waals surface area contributed by atoms with Crippen LogP contribution in [0.4, 0.5) is 5.13 Å². The van der Waals surface area contributed by atoms with Crippen LogP contribution in [0.5, 0.6) is 5.75 Å². The molecule has 0 saturated heterocycles. The highest BCUT2D eigenvalue weighted by Gasteiger charge is 2.46. The van der Waals surface area contributed by atoms with Gasteiger partial charge < -0.3 is 14.3 Å². The number of hydrogen-bond acceptors (Lipinski definition) is 7. The van der Waals surface area contributed by atoms with E-state index in [9.17, 15) is 14.7 Å². The molecule has 38 heavy (non-hydrogen) atoms. The van der Waals surface area contributed by atoms with Crippen LogP contribution in [0.2, 0.25) is 5.02 Å². The number of fused-ring (bicyclic) bond motifs is 2. The maximum Gasteiger partial charge on any atom is 0.296 e. The van der Waals surface area contributed by atoms with E-state index in [4.69, 9.17) is 25.7 Å². The minimum absolute atomic E-state index is 0.0245. The predicted octanol–water partition coefficient (Wildman–Crippen LogP) is 7.10. The molecule has 1 unspecified atom stereocenters. The number of para-hydroxylation sites is 1. The molecule has 2 aromatic heterocycles. The lowest BCUT2D eigenvalue weighted by Gasteiger charge is -2.24. The summed E-state index contributed by atoms with van der Waals surface area (Å²) in [5.74, 6) is -1.55. The van der Waals surface area contributed by atoms with Crippen molar-refractivity contribution in [1.29, 1.82) is 0 Å². The smallest absolute Gasteiger partial charge is 0.296 e. The summed E-state index contributed by atoms with van der Waals surface area (Å²) >= 11 is 7.63. The maximum absolute atomic E-state index is 13.9. The van der Waals surface area contributed by atoms with Crippen LogP contribution >= 0.6 is 22.9 Å². The number of halogens is 1. The second kappa shape index (κ2) is 9.01. The summed E-state index contributed by atoms with van der Waals surface area (Å²) in [5.41, 5.74) is 3.65. The van der Waals surface area contributed by atoms with Crippen molar-refractivity contribution in [2.75, 3.05) is 12.0 Å². The fraction of sp³-hybridized carbons (Fsp3) is 0.138. The molecule has 0 saturated carbocycles. The van der Waals surface area contributed by atoms with Gasteiger partial charge in [-0.15, -0.1) is 0 Å². The second-order valence-electron chi connectivity index (χ2n) is 9.14. The number of Topliss-reactive ketones (excluding diaryl/α,β-unsaturated/α-hetero) is 1. The molecule has 1 aliphatic heterocycles. The summed E-state index contributed by atoms with van der Waals surface area (Å²) in [7, 11) is 1.51. The molecule has 6 rings (SSSR count). The Labute approximate surface area is 226 Å². The number of aromatic nitrogens is 1. The average molecular weight is 545 g/mol. The van der Waals surface area contributed by atoms with E-state index >= 15 is 0 Å². The van der Waals surface area contributed by atoms with E-state index in [1.54, 1.807) is 48.5 Å². The Hall–Kier alpha value is -4.14. The SMILES string of the molecule is COc1cccc2cc(C(=O)C3=C(O)C(=O)N(c4nc5c(C)cc(C)cc5s4)C3c3cccc(Cl)c3)oc12. The quantitative estimate of drug-likeness (QED) is 0.237. The first-order valence-electron chi connectivity index (χ1n) is 11.8. The number of aliphatic hydroxyl groups excluding tert-OH is 1. The summed E-state index contributed by atoms with van der Waals surface area (Å²) in [4.78, 5) is 33.6. The minimum atomic E-state index is -0.967. The van der Waals surface area contributed by atoms with E-state index in [1.165, 1.54) is 23.3 Å². The van der Waals surface area contributed by atoms with Crippen molar-refractivity contribution >= 4 is 60.9 Å². The van der Waals surface area contributed by atoms with Gasteiger partial charge in [0.2, 0.25) is 5.78 Å². The zero-order valence-electron chi connectivity index (χ0n) is 20.6. The average Bonchev–Trinajstić information content (AvgIpc) is 3.58. The van der Waals surface area contributed by atoms with Crippen LogP contribution in [0.1, 0.15) is 33.3 Å². The van der Waals surface area contributed by atoms with Crippen molar-refractivity contribution < 1.29 is 23.8 Å². The van der Waals surface area contributed by atoms with Crippen molar-refractivity contribution in [1.82, 2.24) is 4.98 Å². The molecule has 0 aliphatic carbocycles. The maximum atomic E-state index is 13.9. The number of aliphatic hydroxyl groups is 1. The molecule has 5 aromatic rings. The highest BCUT2D eigenvalue weighted by Crippen LogP contribution is 2.45. The molecule has 1 atom stereocenters. The number of ether oxygens (including phenoxy) is 1. The molecule has 190 valence electrons. The summed E-state index contributed by atoms with van der Waals surface area (Å²) < 4.78 is 12.1. The third-order valence-electron chi connectivity index (χ3n) is 6.59. The Balaban J connectivity index is 1.52. The molecule has 1 N–H and O–H groups in total. The number of hydrogen-bond donors (Lipinski definition) is 1. The number of thiazole rings is 1. The molecule has 0 radical (unpaired) electrons. The Bertz CT molecular complexity index is 1820. The fourth-order valence-corrected chi connectivity index (χ4v) is 6.30. The van der Waals surface area contributed by atoms with Gasteiger partial charge in [-0.25, -0.2) is 4.98 Å². The molecular formula is C29H21ClN2O5S. The lowest BCUT2D eigenvalue weighted by Crippen LogP contribution is -2.31. The Kier molecular flexibility index (Phi) is 5.74. The number of anilines is 1. The van der Waals surface area contributed by atoms with Crippen molar-refractivity contribution in [3.05, 3.63) is 99.5 Å². The number of carbonyl (C=O) groups is 2. The first-order valence-corrected chi connectivity index (χ1v) is 13.0. The Morgan fingerprint density at radius 2 is 1.92 bits per heavy atom. The van der Waals surface area contributed by atoms with Gasteiger partial charge in [0.15, 0.2) is 28.0 Å². The molecule has 0 bridgehead atoms. The van der Waals surface area contributed by atoms with Crippen molar-refractivity contribution in [2.45, 2.75) is 19.9 Å². The lowest BCUT2D eigenvalue weighted by atomic mass is 9.95. The zero-order valence-corrected chi connectivity index (χ0v) is 22.2. The number of ketones is 1. The van der Waals surface area contributed by atoms with Crippen LogP contribution in [0.25, 0.3) is 21.2 Å². The molecule has 0 spiro atoms. The number of amides is 1. The van der Waals surface area contributed by atoms with Gasteiger partial charge in [-0.05, 0) is 60.9 Å². The molecule has 9 heteroatoms. The lowest BCUT2D eigenvalue weighted by molar-refractivity contribution is -0.117. The second-order valence-corrected chi connectivity index (χ2v) is 10.6. The highest BCUT2D eigenvalue weighted by atomic mass is 35.5. The molecular weight excluding hydrogens is 524 g/mol. The van der Waals surface area contributed by atoms with Gasteiger partial charge in [0.05, 0.1) is 28.9 Å². The van der Waals surface area contributed by atoms with Gasteiger partial charge in [-0.3, -0.25) is 14.5 Å². The number of carbonyl (C=O) groups excluding carboxylic acids is 2. The summed E-state index contributed by atoms with van der Waals surface area (Å²) in [6.45, 7) is 3.95. The molecule has 1 aliphatic rings. The normalized spacial score (nSPS) is 15.7. The van der Waals surface area contributed by atoms with Gasteiger partial charge in [0, 0.05) is 10.4 Å². The van der Waals surface area contributed by atoms with E-state index in [-0.39, 0.29) is 11.3 Å². The Morgan fingerprint density at radius 1 is 1.13 bits per heavy atom. The first-order chi connectivity index (χ1) is 18.3. The molecule has 3 heterocycles. The van der Waals surface area contributed by atoms with Gasteiger partial charge in [0.1, 0.15) is 0 Å². The molecule has 1 amide bonds. The number of methoxy groups -OCH3 is 1. The minimum Gasteiger partial charge on any atom is -0.503 e. The number of aryl methyl sites for hydroxylation is 2. The summed E-state index contributed by atoms with van der Waals surface area (Å²) in [5, 5.41) is 12.6. The standard InChI is InChI=1S/C29H21ClN2O5S/c1-14-10-15(2)23-21(11-14)38-29(31-23)32-24(16-6-4-8-18(30)12-16)22(26(34)28(32)35)25(33)20-13-17-7-5-9-19(36-3)27(17)37-20/h4-13,24,34H,1-3H3. The van der Waals surface area contributed by atoms with Gasteiger partial charge in [-0.2, -0.15) is 0 Å². The van der Waals surface area contributed by atoms with Crippen LogP contribution < -0.4 is 9.64 Å². The topological polar surface area (TPSA) is 92.9 Å². The van der Waals surface area contributed by atoms with Gasteiger partial charge in [0.25, 0.3) is 5.91 Å². The van der Waals surface area contributed by atoms with Crippen LogP contribution in [0, 0.1) is 13.8 Å². The van der Waals surface area contributed by atoms with Crippen LogP contribution in [0.3, 0.4) is 0 Å². The molecule has 0 fully saturated rings. The number of benzene rings is 3. The van der Waals surface area contributed by atoms with Crippen molar-refractivity contribution in [2.24, 2.45) is 0 Å². The summed E-state index contributed by atoms with van der Waals surface area (Å²) in [6.07, 6.45) is 0. The highest BCUT2D eigenvalue weighted by molar-refractivity contribution is 7.22. The van der Waals surface area contributed by atoms with Crippen molar-refractivity contribution in [3.63, 3.8) is 0 Å². The van der Waals surface area contributed by atoms with Crippen LogP contribution in [-0.4, -0.2) is 28.9 Å². The Morgan fingerprint density at radius 3 is 2.68 bits per heavy atom. The monoisotopic (exact) mass is 544 g/mol. The third-order valence-corrected chi connectivity index (χ3v) is 7.83. The van der Waals surface area contributed by atoms with E-state index < -0.39 is 23.5 Å². The van der Waals surface area contributed by atoms with Gasteiger partial charge >= 0.3 is 0 Å². The van der Waals surface area contributed by atoms with Gasteiger partial charge in [-0.1, -0.05) is 53.3 Å². The zero-order chi connectivity index (χ0) is 26.7. The number of nitrogens with zero attached hydrogens (tertiary/aromatic N) is 2. The van der Waals surface area contributed by atoms with E-state index in [1.807, 2.05) is 26.0 Å². The van der Waals surface area contributed by atoms with E-state index in [0.29, 0.717) is 32.4 Å². The largest absolute Gasteiger partial charge is 0.503 e. The first kappa shape index (κ1) is 24.2. The fourth-order valence-electron chi connectivity index (χ4n) is 4.93. The van der Waals surface area contributed by atoms with E-state index in [0.717, 1.165) is 21.3 Å². The van der Waals surface area contributed by atoms with E-state index in [2.05, 4.69) is 0 Å². The summed E-state index contributed by atoms with van der Waals surface area (Å²) in [6, 6.07) is 16.8. The van der Waals surface area contributed by atoms with Crippen molar-refractivity contribution in [3.8, 4) is 5.75 Å². The molecule has 3 aromatic carbocycles. The molecule has 7 nitrogen and oxygen atoms in total. The predicted molar refractivity (Wildman–Crippen MR) is 148 cm³/mol. The number of furan rings is 1.